The van der Waals surface area contributed by atoms with Crippen molar-refractivity contribution in [2.75, 3.05) is 19.8 Å². The number of ether oxygens (including phenoxy) is 2. The summed E-state index contributed by atoms with van der Waals surface area (Å²) in [6, 6.07) is 8.47. The van der Waals surface area contributed by atoms with Crippen molar-refractivity contribution in [1.29, 1.82) is 0 Å². The van der Waals surface area contributed by atoms with Crippen LogP contribution in [0.5, 0.6) is 5.75 Å². The number of thioether (sulfide) groups is 1. The fourth-order valence-electron chi connectivity index (χ4n) is 2.96. The zero-order valence-corrected chi connectivity index (χ0v) is 18.9. The van der Waals surface area contributed by atoms with Crippen LogP contribution in [0.4, 0.5) is 0 Å². The normalized spacial score (nSPS) is 15.8. The smallest absolute Gasteiger partial charge is 0.332 e. The molecule has 172 valence electrons. The first-order valence-electron chi connectivity index (χ1n) is 9.92. The number of aryl methyl sites for hydroxylation is 1. The van der Waals surface area contributed by atoms with E-state index in [1.165, 1.54) is 21.6 Å². The van der Waals surface area contributed by atoms with Crippen LogP contribution in [0.2, 0.25) is 0 Å². The van der Waals surface area contributed by atoms with Crippen molar-refractivity contribution in [2.24, 2.45) is 12.1 Å². The van der Waals surface area contributed by atoms with Crippen molar-refractivity contribution >= 4 is 45.6 Å². The number of amides is 2. The molecule has 11 heteroatoms. The highest BCUT2D eigenvalue weighted by Crippen LogP contribution is 2.30. The number of benzene rings is 1. The minimum absolute atomic E-state index is 0.117. The van der Waals surface area contributed by atoms with E-state index in [1.54, 1.807) is 38.2 Å². The van der Waals surface area contributed by atoms with Gasteiger partial charge >= 0.3 is 5.97 Å². The summed E-state index contributed by atoms with van der Waals surface area (Å²) >= 11 is 0.922. The van der Waals surface area contributed by atoms with E-state index in [0.717, 1.165) is 17.8 Å². The summed E-state index contributed by atoms with van der Waals surface area (Å²) in [4.78, 5) is 50.0. The molecule has 1 N–H and O–H groups in total. The second kappa shape index (κ2) is 10.6. The highest BCUT2D eigenvalue weighted by molar-refractivity contribution is 8.18. The van der Waals surface area contributed by atoms with Gasteiger partial charge in [-0.3, -0.25) is 19.3 Å². The predicted octanol–water partition coefficient (Wildman–Crippen LogP) is 1.51. The SMILES string of the molecule is C=CCN1C(=O)/C(=C\C(=O)OCC)S/C1=N/NC(=O)COc1cc(=O)n(C)c2ccccc12. The molecule has 2 aromatic rings. The van der Waals surface area contributed by atoms with Gasteiger partial charge in [0.1, 0.15) is 5.75 Å². The number of carbonyl (C=O) groups is 3. The fourth-order valence-corrected chi connectivity index (χ4v) is 3.87. The number of carbonyl (C=O) groups excluding carboxylic acids is 3. The molecule has 1 aliphatic heterocycles. The lowest BCUT2D eigenvalue weighted by molar-refractivity contribution is -0.137. The van der Waals surface area contributed by atoms with Crippen LogP contribution in [0, 0.1) is 0 Å². The van der Waals surface area contributed by atoms with E-state index in [9.17, 15) is 19.2 Å². The molecule has 1 aromatic carbocycles. The Morgan fingerprint density at radius 2 is 2.03 bits per heavy atom. The third kappa shape index (κ3) is 5.50. The van der Waals surface area contributed by atoms with Gasteiger partial charge in [-0.15, -0.1) is 11.7 Å². The van der Waals surface area contributed by atoms with Crippen LogP contribution in [0.25, 0.3) is 10.9 Å². The van der Waals surface area contributed by atoms with Gasteiger partial charge in [-0.25, -0.2) is 10.2 Å². The summed E-state index contributed by atoms with van der Waals surface area (Å²) in [5.74, 6) is -1.42. The lowest BCUT2D eigenvalue weighted by Crippen LogP contribution is -2.32. The third-order valence-corrected chi connectivity index (χ3v) is 5.49. The lowest BCUT2D eigenvalue weighted by atomic mass is 10.2. The highest BCUT2D eigenvalue weighted by atomic mass is 32.2. The van der Waals surface area contributed by atoms with Crippen molar-refractivity contribution in [3.63, 3.8) is 0 Å². The van der Waals surface area contributed by atoms with Gasteiger partial charge in [-0.1, -0.05) is 18.2 Å². The van der Waals surface area contributed by atoms with E-state index in [4.69, 9.17) is 9.47 Å². The molecule has 3 rings (SSSR count). The van der Waals surface area contributed by atoms with Crippen LogP contribution in [-0.2, 0) is 26.2 Å². The molecule has 1 fully saturated rings. The first-order valence-corrected chi connectivity index (χ1v) is 10.7. The monoisotopic (exact) mass is 470 g/mol. The fraction of sp³-hybridized carbons (Fsp3) is 0.227. The molecular formula is C22H22N4O6S. The van der Waals surface area contributed by atoms with Crippen molar-refractivity contribution in [2.45, 2.75) is 6.92 Å². The second-order valence-corrected chi connectivity index (χ2v) is 7.72. The molecule has 0 saturated carbocycles. The zero-order valence-electron chi connectivity index (χ0n) is 18.1. The van der Waals surface area contributed by atoms with Crippen LogP contribution in [-0.4, -0.2) is 52.2 Å². The number of pyridine rings is 1. The Bertz CT molecular complexity index is 1230. The van der Waals surface area contributed by atoms with E-state index in [0.29, 0.717) is 10.9 Å². The highest BCUT2D eigenvalue weighted by Gasteiger charge is 2.33. The number of hydrazone groups is 1. The van der Waals surface area contributed by atoms with Crippen LogP contribution in [0.15, 0.2) is 63.9 Å². The summed E-state index contributed by atoms with van der Waals surface area (Å²) in [5, 5.41) is 4.83. The second-order valence-electron chi connectivity index (χ2n) is 6.71. The molecule has 2 amide bonds. The molecule has 2 heterocycles. The van der Waals surface area contributed by atoms with Gasteiger partial charge in [-0.05, 0) is 30.8 Å². The van der Waals surface area contributed by atoms with Crippen molar-refractivity contribution < 1.29 is 23.9 Å². The molecule has 0 atom stereocenters. The average Bonchev–Trinajstić information content (AvgIpc) is 3.08. The number of nitrogens with one attached hydrogen (secondary N) is 1. The van der Waals surface area contributed by atoms with Gasteiger partial charge in [0.2, 0.25) is 0 Å². The first-order chi connectivity index (χ1) is 15.8. The van der Waals surface area contributed by atoms with Crippen molar-refractivity contribution in [1.82, 2.24) is 14.9 Å². The molecule has 0 aliphatic carbocycles. The molecule has 33 heavy (non-hydrogen) atoms. The van der Waals surface area contributed by atoms with Crippen molar-refractivity contribution in [3.8, 4) is 5.75 Å². The maximum atomic E-state index is 12.5. The van der Waals surface area contributed by atoms with Crippen LogP contribution >= 0.6 is 11.8 Å². The van der Waals surface area contributed by atoms with E-state index in [2.05, 4.69) is 17.1 Å². The third-order valence-electron chi connectivity index (χ3n) is 4.49. The number of hydrogen-bond acceptors (Lipinski definition) is 8. The molecule has 0 radical (unpaired) electrons. The Balaban J connectivity index is 1.71. The summed E-state index contributed by atoms with van der Waals surface area (Å²) in [6.07, 6.45) is 2.58. The van der Waals surface area contributed by atoms with Gasteiger partial charge in [0.05, 0.1) is 17.0 Å². The summed E-state index contributed by atoms with van der Waals surface area (Å²) < 4.78 is 11.9. The molecule has 0 bridgehead atoms. The number of esters is 1. The Kier molecular flexibility index (Phi) is 7.67. The Hall–Kier alpha value is -3.86. The Morgan fingerprint density at radius 1 is 1.27 bits per heavy atom. The number of hydrogen-bond donors (Lipinski definition) is 1. The minimum atomic E-state index is -0.646. The van der Waals surface area contributed by atoms with E-state index < -0.39 is 24.4 Å². The Labute approximate surface area is 193 Å². The summed E-state index contributed by atoms with van der Waals surface area (Å²) in [6.45, 7) is 5.17. The van der Waals surface area contributed by atoms with E-state index in [-0.39, 0.29) is 34.5 Å². The molecular weight excluding hydrogens is 448 g/mol. The van der Waals surface area contributed by atoms with Crippen LogP contribution in [0.3, 0.4) is 0 Å². The summed E-state index contributed by atoms with van der Waals surface area (Å²) in [5.41, 5.74) is 2.72. The molecule has 10 nitrogen and oxygen atoms in total. The van der Waals surface area contributed by atoms with E-state index >= 15 is 0 Å². The molecule has 1 saturated heterocycles. The van der Waals surface area contributed by atoms with Crippen LogP contribution in [0.1, 0.15) is 6.92 Å². The predicted molar refractivity (Wildman–Crippen MR) is 124 cm³/mol. The average molecular weight is 471 g/mol. The number of nitrogens with zero attached hydrogens (tertiary/aromatic N) is 3. The number of para-hydroxylation sites is 1. The number of aromatic nitrogens is 1. The minimum Gasteiger partial charge on any atom is -0.483 e. The standard InChI is InChI=1S/C22H22N4O6S/c1-4-10-26-21(30)17(12-20(29)31-5-2)33-22(26)24-23-18(27)13-32-16-11-19(28)25(3)15-9-7-6-8-14(15)16/h4,6-9,11-12H,1,5,10,13H2,2-3H3,(H,23,27)/b17-12+,24-22+. The first kappa shape index (κ1) is 23.8. The topological polar surface area (TPSA) is 119 Å². The van der Waals surface area contributed by atoms with Gasteiger partial charge in [-0.2, -0.15) is 0 Å². The zero-order chi connectivity index (χ0) is 24.0. The number of amidine groups is 1. The molecule has 0 unspecified atom stereocenters. The van der Waals surface area contributed by atoms with Gasteiger partial charge in [0.25, 0.3) is 17.4 Å². The number of rotatable bonds is 8. The quantitative estimate of drug-likeness (QED) is 0.269. The molecule has 1 aromatic heterocycles. The van der Waals surface area contributed by atoms with Gasteiger partial charge < -0.3 is 14.0 Å². The van der Waals surface area contributed by atoms with Gasteiger partial charge in [0, 0.05) is 31.1 Å². The maximum absolute atomic E-state index is 12.5. The largest absolute Gasteiger partial charge is 0.483 e. The Morgan fingerprint density at radius 3 is 2.76 bits per heavy atom. The lowest BCUT2D eigenvalue weighted by Gasteiger charge is -2.13. The molecule has 0 spiro atoms. The molecule has 1 aliphatic rings. The maximum Gasteiger partial charge on any atom is 0.332 e. The van der Waals surface area contributed by atoms with Crippen molar-refractivity contribution in [3.05, 3.63) is 64.3 Å². The van der Waals surface area contributed by atoms with Gasteiger partial charge in [0.15, 0.2) is 11.8 Å². The van der Waals surface area contributed by atoms with Crippen LogP contribution < -0.4 is 15.7 Å². The summed E-state index contributed by atoms with van der Waals surface area (Å²) in [7, 11) is 1.65. The van der Waals surface area contributed by atoms with E-state index in [1.807, 2.05) is 0 Å². The number of fused-ring (bicyclic) bond motifs is 1.